The summed E-state index contributed by atoms with van der Waals surface area (Å²) in [6, 6.07) is 7.37. The lowest BCUT2D eigenvalue weighted by molar-refractivity contribution is -0.226. The molecule has 0 fully saturated rings. The number of hydrogen-bond donors (Lipinski definition) is 0. The topological polar surface area (TPSA) is 52.6 Å². The normalized spacial score (nSPS) is 12.7. The number of rotatable bonds is 3. The fourth-order valence-electron chi connectivity index (χ4n) is 1.09. The molecule has 0 aliphatic heterocycles. The molecule has 0 aliphatic rings. The van der Waals surface area contributed by atoms with Crippen LogP contribution in [0.5, 0.6) is 0 Å². The highest BCUT2D eigenvalue weighted by molar-refractivity contribution is 5.76. The molecule has 1 rings (SSSR count). The Bertz CT molecular complexity index is 428. The third-order valence-corrected chi connectivity index (χ3v) is 1.79. The van der Waals surface area contributed by atoms with Crippen molar-refractivity contribution in [3.63, 3.8) is 0 Å². The smallest absolute Gasteiger partial charge is 0.421 e. The van der Waals surface area contributed by atoms with Gasteiger partial charge >= 0.3 is 18.1 Å². The fourth-order valence-corrected chi connectivity index (χ4v) is 1.09. The van der Waals surface area contributed by atoms with Crippen molar-refractivity contribution in [1.29, 1.82) is 0 Å². The van der Waals surface area contributed by atoms with E-state index in [1.165, 1.54) is 24.3 Å². The molecule has 0 radical (unpaired) electrons. The zero-order valence-corrected chi connectivity index (χ0v) is 9.23. The van der Waals surface area contributed by atoms with Crippen LogP contribution in [0.3, 0.4) is 0 Å². The molecule has 0 N–H and O–H groups in total. The van der Waals surface area contributed by atoms with Crippen LogP contribution in [0.15, 0.2) is 30.3 Å². The van der Waals surface area contributed by atoms with Crippen LogP contribution in [0.25, 0.3) is 0 Å². The Kier molecular flexibility index (Phi) is 4.30. The summed E-state index contributed by atoms with van der Waals surface area (Å²) < 4.78 is 44.8. The van der Waals surface area contributed by atoms with Gasteiger partial charge in [-0.2, -0.15) is 13.2 Å². The first-order valence-corrected chi connectivity index (χ1v) is 4.80. The van der Waals surface area contributed by atoms with Crippen molar-refractivity contribution in [3.05, 3.63) is 35.9 Å². The van der Waals surface area contributed by atoms with E-state index in [1.54, 1.807) is 6.07 Å². The van der Waals surface area contributed by atoms with E-state index < -0.39 is 24.4 Å². The minimum absolute atomic E-state index is 0.130. The molecule has 0 saturated carbocycles. The van der Waals surface area contributed by atoms with Crippen LogP contribution in [0.1, 0.15) is 18.8 Å². The molecule has 0 heterocycles. The van der Waals surface area contributed by atoms with Gasteiger partial charge in [0.15, 0.2) is 0 Å². The molecule has 0 aliphatic carbocycles. The molecule has 7 heteroatoms. The van der Waals surface area contributed by atoms with Gasteiger partial charge in [-0.05, 0) is 0 Å². The van der Waals surface area contributed by atoms with E-state index >= 15 is 0 Å². The van der Waals surface area contributed by atoms with Crippen molar-refractivity contribution in [1.82, 2.24) is 0 Å². The first kappa shape index (κ1) is 14.0. The molecule has 0 spiro atoms. The molecule has 1 aromatic carbocycles. The number of ether oxygens (including phenoxy) is 2. The Labute approximate surface area is 100 Å². The number of carbonyl (C=O) groups excluding carboxylic acids is 2. The first-order chi connectivity index (χ1) is 8.30. The van der Waals surface area contributed by atoms with Crippen LogP contribution >= 0.6 is 0 Å². The van der Waals surface area contributed by atoms with Gasteiger partial charge in [0.1, 0.15) is 0 Å². The highest BCUT2D eigenvalue weighted by Gasteiger charge is 2.43. The Hall–Kier alpha value is -2.05. The van der Waals surface area contributed by atoms with Gasteiger partial charge in [-0.25, -0.2) is 4.79 Å². The summed E-state index contributed by atoms with van der Waals surface area (Å²) in [5, 5.41) is 0. The van der Waals surface area contributed by atoms with E-state index in [9.17, 15) is 22.8 Å². The molecule has 1 aromatic rings. The quantitative estimate of drug-likeness (QED) is 0.619. The zero-order valence-electron chi connectivity index (χ0n) is 9.23. The van der Waals surface area contributed by atoms with E-state index in [2.05, 4.69) is 9.47 Å². The maximum Gasteiger partial charge on any atom is 0.491 e. The average molecular weight is 262 g/mol. The summed E-state index contributed by atoms with van der Waals surface area (Å²) in [7, 11) is 0. The number of alkyl halides is 3. The summed E-state index contributed by atoms with van der Waals surface area (Å²) in [4.78, 5) is 21.5. The van der Waals surface area contributed by atoms with Gasteiger partial charge in [-0.3, -0.25) is 4.79 Å². The average Bonchev–Trinajstić information content (AvgIpc) is 2.27. The van der Waals surface area contributed by atoms with Gasteiger partial charge in [-0.15, -0.1) is 0 Å². The minimum Gasteiger partial charge on any atom is -0.421 e. The summed E-state index contributed by atoms with van der Waals surface area (Å²) in [6.45, 7) is 0.997. The van der Waals surface area contributed by atoms with Crippen molar-refractivity contribution in [3.8, 4) is 0 Å². The number of hydrogen-bond acceptors (Lipinski definition) is 4. The lowest BCUT2D eigenvalue weighted by atomic mass is 10.2. The van der Waals surface area contributed by atoms with Crippen LogP contribution in [0.2, 0.25) is 0 Å². The Morgan fingerprint density at radius 2 is 1.67 bits per heavy atom. The molecule has 0 aromatic heterocycles. The molecule has 1 unspecified atom stereocenters. The number of carbonyl (C=O) groups is 2. The maximum atomic E-state index is 12.0. The third kappa shape index (κ3) is 4.08. The lowest BCUT2D eigenvalue weighted by Crippen LogP contribution is -2.28. The van der Waals surface area contributed by atoms with Gasteiger partial charge < -0.3 is 9.47 Å². The van der Waals surface area contributed by atoms with Crippen LogP contribution in [-0.2, 0) is 19.1 Å². The van der Waals surface area contributed by atoms with Gasteiger partial charge in [-0.1, -0.05) is 30.3 Å². The van der Waals surface area contributed by atoms with Gasteiger partial charge in [0.2, 0.25) is 0 Å². The number of benzene rings is 1. The van der Waals surface area contributed by atoms with Crippen LogP contribution in [0.4, 0.5) is 13.2 Å². The Morgan fingerprint density at radius 3 is 2.11 bits per heavy atom. The molecular formula is C11H9F3O4. The van der Waals surface area contributed by atoms with E-state index in [0.29, 0.717) is 0 Å². The molecule has 18 heavy (non-hydrogen) atoms. The van der Waals surface area contributed by atoms with Crippen molar-refractivity contribution < 1.29 is 32.2 Å². The van der Waals surface area contributed by atoms with E-state index in [-0.39, 0.29) is 5.56 Å². The molecule has 0 amide bonds. The molecule has 0 saturated heterocycles. The predicted octanol–water partition coefficient (Wildman–Crippen LogP) is 2.35. The lowest BCUT2D eigenvalue weighted by Gasteiger charge is -2.18. The third-order valence-electron chi connectivity index (χ3n) is 1.79. The minimum atomic E-state index is -5.15. The van der Waals surface area contributed by atoms with Gasteiger partial charge in [0.05, 0.1) is 0 Å². The van der Waals surface area contributed by atoms with E-state index in [1.807, 2.05) is 0 Å². The Balaban J connectivity index is 2.87. The summed E-state index contributed by atoms with van der Waals surface area (Å²) in [5.74, 6) is -3.28. The predicted molar refractivity (Wildman–Crippen MR) is 53.1 cm³/mol. The molecule has 98 valence electrons. The van der Waals surface area contributed by atoms with Crippen LogP contribution in [-0.4, -0.2) is 18.1 Å². The van der Waals surface area contributed by atoms with Crippen molar-refractivity contribution in [2.75, 3.05) is 0 Å². The second kappa shape index (κ2) is 5.52. The molecule has 1 atom stereocenters. The van der Waals surface area contributed by atoms with Crippen molar-refractivity contribution in [2.24, 2.45) is 0 Å². The standard InChI is InChI=1S/C11H9F3O4/c1-7(15)17-9(8-5-3-2-4-6-8)18-10(16)11(12,13)14/h2-6,9H,1H3. The molecular weight excluding hydrogens is 253 g/mol. The highest BCUT2D eigenvalue weighted by atomic mass is 19.4. The maximum absolute atomic E-state index is 12.0. The number of halogens is 3. The second-order valence-electron chi connectivity index (χ2n) is 3.26. The largest absolute Gasteiger partial charge is 0.491 e. The van der Waals surface area contributed by atoms with E-state index in [4.69, 9.17) is 0 Å². The van der Waals surface area contributed by atoms with E-state index in [0.717, 1.165) is 6.92 Å². The summed E-state index contributed by atoms with van der Waals surface area (Å²) in [6.07, 6.45) is -6.86. The van der Waals surface area contributed by atoms with Crippen molar-refractivity contribution in [2.45, 2.75) is 19.4 Å². The van der Waals surface area contributed by atoms with Crippen LogP contribution < -0.4 is 0 Å². The van der Waals surface area contributed by atoms with Gasteiger partial charge in [0.25, 0.3) is 6.29 Å². The highest BCUT2D eigenvalue weighted by Crippen LogP contribution is 2.24. The molecule has 0 bridgehead atoms. The summed E-state index contributed by atoms with van der Waals surface area (Å²) >= 11 is 0. The molecule has 4 nitrogen and oxygen atoms in total. The van der Waals surface area contributed by atoms with Gasteiger partial charge in [0, 0.05) is 12.5 Å². The fraction of sp³-hybridized carbons (Fsp3) is 0.273. The monoisotopic (exact) mass is 262 g/mol. The SMILES string of the molecule is CC(=O)OC(OC(=O)C(F)(F)F)c1ccccc1. The second-order valence-corrected chi connectivity index (χ2v) is 3.26. The first-order valence-electron chi connectivity index (χ1n) is 4.80. The van der Waals surface area contributed by atoms with Crippen LogP contribution in [0, 0.1) is 0 Å². The number of esters is 2. The zero-order chi connectivity index (χ0) is 13.8. The Morgan fingerprint density at radius 1 is 1.11 bits per heavy atom. The summed E-state index contributed by atoms with van der Waals surface area (Å²) in [5.41, 5.74) is 0.130. The van der Waals surface area contributed by atoms with Crippen molar-refractivity contribution >= 4 is 11.9 Å².